The van der Waals surface area contributed by atoms with Gasteiger partial charge in [0.15, 0.2) is 0 Å². The molecule has 0 bridgehead atoms. The highest BCUT2D eigenvalue weighted by molar-refractivity contribution is 9.10. The highest BCUT2D eigenvalue weighted by atomic mass is 79.9. The zero-order valence-electron chi connectivity index (χ0n) is 11.6. The van der Waals surface area contributed by atoms with E-state index >= 15 is 0 Å². The third-order valence-electron chi connectivity index (χ3n) is 3.06. The van der Waals surface area contributed by atoms with Crippen LogP contribution in [0.1, 0.15) is 30.5 Å². The van der Waals surface area contributed by atoms with Crippen LogP contribution in [0.4, 0.5) is 8.78 Å². The molecule has 2 N–H and O–H groups in total. The fourth-order valence-electron chi connectivity index (χ4n) is 1.97. The maximum absolute atomic E-state index is 14.0. The highest BCUT2D eigenvalue weighted by Crippen LogP contribution is 2.28. The summed E-state index contributed by atoms with van der Waals surface area (Å²) >= 11 is 2.95. The van der Waals surface area contributed by atoms with Crippen LogP contribution in [0, 0.1) is 11.6 Å². The molecule has 0 aliphatic rings. The Balaban J connectivity index is 2.31. The standard InChI is InChI=1S/C16H16BrF2NO/c1-2-6-21-11-5-3-4-10(7-11)16(20)12-8-15(19)13(17)9-14(12)18/h3-5,7-9,16H,2,6,20H2,1H3. The van der Waals surface area contributed by atoms with Crippen LogP contribution in [0.2, 0.25) is 0 Å². The van der Waals surface area contributed by atoms with Crippen LogP contribution in [0.25, 0.3) is 0 Å². The molecule has 5 heteroatoms. The van der Waals surface area contributed by atoms with Crippen LogP contribution in [0.3, 0.4) is 0 Å². The van der Waals surface area contributed by atoms with Crippen molar-refractivity contribution >= 4 is 15.9 Å². The first-order valence-electron chi connectivity index (χ1n) is 6.65. The number of nitrogens with two attached hydrogens (primary N) is 1. The molecule has 0 spiro atoms. The lowest BCUT2D eigenvalue weighted by Crippen LogP contribution is -2.14. The van der Waals surface area contributed by atoms with Gasteiger partial charge in [-0.2, -0.15) is 0 Å². The van der Waals surface area contributed by atoms with E-state index in [1.807, 2.05) is 13.0 Å². The number of hydrogen-bond donors (Lipinski definition) is 1. The van der Waals surface area contributed by atoms with E-state index in [9.17, 15) is 8.78 Å². The topological polar surface area (TPSA) is 35.2 Å². The van der Waals surface area contributed by atoms with Gasteiger partial charge in [0.25, 0.3) is 0 Å². The molecule has 0 radical (unpaired) electrons. The van der Waals surface area contributed by atoms with Crippen LogP contribution in [0.5, 0.6) is 5.75 Å². The van der Waals surface area contributed by atoms with Crippen molar-refractivity contribution in [2.45, 2.75) is 19.4 Å². The minimum absolute atomic E-state index is 0.0796. The van der Waals surface area contributed by atoms with Gasteiger partial charge in [0, 0.05) is 5.56 Å². The Morgan fingerprint density at radius 2 is 1.95 bits per heavy atom. The molecule has 2 rings (SSSR count). The number of benzene rings is 2. The fourth-order valence-corrected chi connectivity index (χ4v) is 2.29. The molecule has 2 aromatic rings. The average Bonchev–Trinajstić information content (AvgIpc) is 2.48. The third-order valence-corrected chi connectivity index (χ3v) is 3.67. The van der Waals surface area contributed by atoms with E-state index in [1.165, 1.54) is 0 Å². The molecule has 112 valence electrons. The van der Waals surface area contributed by atoms with Gasteiger partial charge in [-0.1, -0.05) is 19.1 Å². The van der Waals surface area contributed by atoms with Gasteiger partial charge in [0.2, 0.25) is 0 Å². The maximum Gasteiger partial charge on any atom is 0.137 e. The molecule has 1 atom stereocenters. The van der Waals surface area contributed by atoms with Crippen molar-refractivity contribution in [1.29, 1.82) is 0 Å². The number of halogens is 3. The van der Waals surface area contributed by atoms with Gasteiger partial charge in [-0.05, 0) is 52.2 Å². The normalized spacial score (nSPS) is 12.2. The van der Waals surface area contributed by atoms with Gasteiger partial charge in [-0.25, -0.2) is 8.78 Å². The van der Waals surface area contributed by atoms with Gasteiger partial charge in [0.1, 0.15) is 17.4 Å². The lowest BCUT2D eigenvalue weighted by Gasteiger charge is -2.15. The molecular weight excluding hydrogens is 340 g/mol. The van der Waals surface area contributed by atoms with Crippen LogP contribution < -0.4 is 10.5 Å². The zero-order chi connectivity index (χ0) is 15.4. The first-order chi connectivity index (χ1) is 10.0. The molecule has 0 aromatic heterocycles. The Labute approximate surface area is 131 Å². The van der Waals surface area contributed by atoms with Crippen molar-refractivity contribution in [2.24, 2.45) is 5.73 Å². The number of rotatable bonds is 5. The van der Waals surface area contributed by atoms with E-state index in [0.29, 0.717) is 17.9 Å². The van der Waals surface area contributed by atoms with E-state index in [-0.39, 0.29) is 10.0 Å². The predicted octanol–water partition coefficient (Wildman–Crippen LogP) is 4.56. The van der Waals surface area contributed by atoms with Gasteiger partial charge >= 0.3 is 0 Å². The lowest BCUT2D eigenvalue weighted by molar-refractivity contribution is 0.317. The van der Waals surface area contributed by atoms with Crippen molar-refractivity contribution in [1.82, 2.24) is 0 Å². The summed E-state index contributed by atoms with van der Waals surface area (Å²) < 4.78 is 33.2. The Bertz CT molecular complexity index is 634. The first-order valence-corrected chi connectivity index (χ1v) is 7.45. The third kappa shape index (κ3) is 3.80. The second-order valence-corrected chi connectivity index (χ2v) is 5.54. The number of ether oxygens (including phenoxy) is 1. The largest absolute Gasteiger partial charge is 0.494 e. The zero-order valence-corrected chi connectivity index (χ0v) is 13.2. The van der Waals surface area contributed by atoms with Crippen LogP contribution >= 0.6 is 15.9 Å². The summed E-state index contributed by atoms with van der Waals surface area (Å²) in [6, 6.07) is 8.56. The van der Waals surface area contributed by atoms with E-state index < -0.39 is 17.7 Å². The summed E-state index contributed by atoms with van der Waals surface area (Å²) in [5.41, 5.74) is 6.84. The first kappa shape index (κ1) is 15.9. The highest BCUT2D eigenvalue weighted by Gasteiger charge is 2.17. The summed E-state index contributed by atoms with van der Waals surface area (Å²) in [5.74, 6) is -0.418. The summed E-state index contributed by atoms with van der Waals surface area (Å²) in [4.78, 5) is 0. The minimum atomic E-state index is -0.752. The Morgan fingerprint density at radius 1 is 1.19 bits per heavy atom. The van der Waals surface area contributed by atoms with Crippen molar-refractivity contribution in [3.8, 4) is 5.75 Å². The molecule has 21 heavy (non-hydrogen) atoms. The SMILES string of the molecule is CCCOc1cccc(C(N)c2cc(F)c(Br)cc2F)c1. The van der Waals surface area contributed by atoms with E-state index in [4.69, 9.17) is 10.5 Å². The Hall–Kier alpha value is -1.46. The molecule has 0 heterocycles. The van der Waals surface area contributed by atoms with Crippen molar-refractivity contribution in [2.75, 3.05) is 6.61 Å². The molecule has 0 saturated heterocycles. The summed E-state index contributed by atoms with van der Waals surface area (Å²) in [6.07, 6.45) is 0.892. The van der Waals surface area contributed by atoms with Crippen molar-refractivity contribution < 1.29 is 13.5 Å². The monoisotopic (exact) mass is 355 g/mol. The Morgan fingerprint density at radius 3 is 2.67 bits per heavy atom. The molecule has 0 fully saturated rings. The van der Waals surface area contributed by atoms with Gasteiger partial charge in [0.05, 0.1) is 17.1 Å². The molecule has 0 amide bonds. The average molecular weight is 356 g/mol. The fraction of sp³-hybridized carbons (Fsp3) is 0.250. The second kappa shape index (κ2) is 7.00. The quantitative estimate of drug-likeness (QED) is 0.797. The predicted molar refractivity (Wildman–Crippen MR) is 82.3 cm³/mol. The molecule has 2 nitrogen and oxygen atoms in total. The van der Waals surface area contributed by atoms with Crippen molar-refractivity contribution in [3.63, 3.8) is 0 Å². The summed E-state index contributed by atoms with van der Waals surface area (Å²) in [7, 11) is 0. The van der Waals surface area contributed by atoms with E-state index in [1.54, 1.807) is 18.2 Å². The summed E-state index contributed by atoms with van der Waals surface area (Å²) in [6.45, 7) is 2.61. The molecule has 0 aliphatic carbocycles. The van der Waals surface area contributed by atoms with Gasteiger partial charge < -0.3 is 10.5 Å². The van der Waals surface area contributed by atoms with Crippen LogP contribution in [-0.2, 0) is 0 Å². The molecule has 1 unspecified atom stereocenters. The van der Waals surface area contributed by atoms with Gasteiger partial charge in [-0.3, -0.25) is 0 Å². The molecule has 0 aliphatic heterocycles. The van der Waals surface area contributed by atoms with Crippen LogP contribution in [-0.4, -0.2) is 6.61 Å². The van der Waals surface area contributed by atoms with Crippen molar-refractivity contribution in [3.05, 3.63) is 63.6 Å². The van der Waals surface area contributed by atoms with E-state index in [0.717, 1.165) is 18.6 Å². The summed E-state index contributed by atoms with van der Waals surface area (Å²) in [5, 5.41) is 0. The minimum Gasteiger partial charge on any atom is -0.494 e. The molecular formula is C16H16BrF2NO. The molecule has 2 aromatic carbocycles. The Kier molecular flexibility index (Phi) is 5.31. The maximum atomic E-state index is 14.0. The smallest absolute Gasteiger partial charge is 0.137 e. The van der Waals surface area contributed by atoms with Gasteiger partial charge in [-0.15, -0.1) is 0 Å². The lowest BCUT2D eigenvalue weighted by atomic mass is 9.99. The second-order valence-electron chi connectivity index (χ2n) is 4.69. The number of hydrogen-bond acceptors (Lipinski definition) is 2. The molecule has 0 saturated carbocycles. The van der Waals surface area contributed by atoms with Crippen LogP contribution in [0.15, 0.2) is 40.9 Å². The van der Waals surface area contributed by atoms with E-state index in [2.05, 4.69) is 15.9 Å².